The van der Waals surface area contributed by atoms with Crippen molar-refractivity contribution in [1.29, 1.82) is 0 Å². The monoisotopic (exact) mass is 406 g/mol. The zero-order chi connectivity index (χ0) is 21.1. The third kappa shape index (κ3) is 4.03. The predicted molar refractivity (Wildman–Crippen MR) is 116 cm³/mol. The van der Waals surface area contributed by atoms with Crippen LogP contribution in [0.4, 0.5) is 0 Å². The fourth-order valence-corrected chi connectivity index (χ4v) is 5.09. The molecule has 2 fully saturated rings. The van der Waals surface area contributed by atoms with Crippen LogP contribution in [0.1, 0.15) is 36.1 Å². The van der Waals surface area contributed by atoms with Crippen molar-refractivity contribution in [1.82, 2.24) is 9.88 Å². The minimum atomic E-state index is -0.837. The van der Waals surface area contributed by atoms with Crippen molar-refractivity contribution in [2.75, 3.05) is 26.8 Å². The second-order valence-electron chi connectivity index (χ2n) is 8.58. The van der Waals surface area contributed by atoms with Gasteiger partial charge in [0.15, 0.2) is 11.5 Å². The molecular weight excluding hydrogens is 376 g/mol. The van der Waals surface area contributed by atoms with Crippen LogP contribution in [0.2, 0.25) is 0 Å². The van der Waals surface area contributed by atoms with Crippen molar-refractivity contribution in [3.63, 3.8) is 0 Å². The summed E-state index contributed by atoms with van der Waals surface area (Å²) in [5.41, 5.74) is 2.26. The molecule has 0 radical (unpaired) electrons. The summed E-state index contributed by atoms with van der Waals surface area (Å²) in [4.78, 5) is 7.03. The zero-order valence-electron chi connectivity index (χ0n) is 17.8. The quantitative estimate of drug-likeness (QED) is 0.744. The highest BCUT2D eigenvalue weighted by molar-refractivity contribution is 5.43. The number of terminal acetylenes is 1. The summed E-state index contributed by atoms with van der Waals surface area (Å²) in [6, 6.07) is 10.0. The number of rotatable bonds is 6. The molecule has 1 saturated carbocycles. The summed E-state index contributed by atoms with van der Waals surface area (Å²) in [5.74, 6) is 4.54. The maximum atomic E-state index is 11.6. The van der Waals surface area contributed by atoms with Crippen molar-refractivity contribution >= 4 is 0 Å². The lowest BCUT2D eigenvalue weighted by Gasteiger charge is -2.40. The van der Waals surface area contributed by atoms with E-state index in [-0.39, 0.29) is 12.5 Å². The molecule has 158 valence electrons. The van der Waals surface area contributed by atoms with Gasteiger partial charge in [0.2, 0.25) is 0 Å². The highest BCUT2D eigenvalue weighted by Gasteiger charge is 2.50. The van der Waals surface area contributed by atoms with Gasteiger partial charge >= 0.3 is 0 Å². The van der Waals surface area contributed by atoms with E-state index in [0.717, 1.165) is 55.7 Å². The zero-order valence-corrected chi connectivity index (χ0v) is 17.8. The van der Waals surface area contributed by atoms with Crippen LogP contribution >= 0.6 is 0 Å². The molecule has 1 saturated heterocycles. The van der Waals surface area contributed by atoms with Crippen molar-refractivity contribution < 1.29 is 14.6 Å². The molecule has 3 atom stereocenters. The fourth-order valence-electron chi connectivity index (χ4n) is 5.09. The van der Waals surface area contributed by atoms with Gasteiger partial charge in [-0.3, -0.25) is 9.88 Å². The average molecular weight is 407 g/mol. The van der Waals surface area contributed by atoms with E-state index in [1.54, 1.807) is 7.11 Å². The van der Waals surface area contributed by atoms with Gasteiger partial charge < -0.3 is 14.6 Å². The largest absolute Gasteiger partial charge is 0.493 e. The van der Waals surface area contributed by atoms with Crippen molar-refractivity contribution in [2.24, 2.45) is 11.8 Å². The van der Waals surface area contributed by atoms with E-state index in [4.69, 9.17) is 15.9 Å². The molecule has 0 unspecified atom stereocenters. The molecule has 5 heteroatoms. The summed E-state index contributed by atoms with van der Waals surface area (Å²) in [6.07, 6.45) is 10.1. The SMILES string of the molecule is C#CCOc1ccc(CN2C[C@@H]3CCC[C@](O)(c4ccc(C)cn4)[C@H]3C2)cc1OC. The summed E-state index contributed by atoms with van der Waals surface area (Å²) < 4.78 is 11.0. The van der Waals surface area contributed by atoms with Crippen LogP contribution in [0.15, 0.2) is 36.5 Å². The van der Waals surface area contributed by atoms with Crippen molar-refractivity contribution in [2.45, 2.75) is 38.3 Å². The van der Waals surface area contributed by atoms with Crippen molar-refractivity contribution in [3.05, 3.63) is 53.3 Å². The first-order chi connectivity index (χ1) is 14.5. The van der Waals surface area contributed by atoms with E-state index < -0.39 is 5.60 Å². The normalized spacial score (nSPS) is 26.1. The number of benzene rings is 1. The number of hydrogen-bond donors (Lipinski definition) is 1. The molecule has 2 aromatic rings. The maximum absolute atomic E-state index is 11.6. The maximum Gasteiger partial charge on any atom is 0.162 e. The second kappa shape index (κ2) is 8.67. The lowest BCUT2D eigenvalue weighted by atomic mass is 9.69. The molecule has 30 heavy (non-hydrogen) atoms. The predicted octanol–water partition coefficient (Wildman–Crippen LogP) is 3.53. The Morgan fingerprint density at radius 2 is 2.13 bits per heavy atom. The van der Waals surface area contributed by atoms with Crippen LogP contribution < -0.4 is 9.47 Å². The van der Waals surface area contributed by atoms with Crippen LogP contribution in [-0.4, -0.2) is 41.8 Å². The van der Waals surface area contributed by atoms with Gasteiger partial charge in [0.25, 0.3) is 0 Å². The van der Waals surface area contributed by atoms with Crippen LogP contribution in [0.5, 0.6) is 11.5 Å². The Morgan fingerprint density at radius 3 is 2.87 bits per heavy atom. The Bertz CT molecular complexity index is 921. The number of aromatic nitrogens is 1. The lowest BCUT2D eigenvalue weighted by molar-refractivity contribution is -0.0682. The van der Waals surface area contributed by atoms with Gasteiger partial charge in [-0.2, -0.15) is 0 Å². The van der Waals surface area contributed by atoms with Gasteiger partial charge in [-0.05, 0) is 61.4 Å². The number of methoxy groups -OCH3 is 1. The van der Waals surface area contributed by atoms with E-state index in [0.29, 0.717) is 17.4 Å². The first kappa shape index (κ1) is 20.7. The number of aliphatic hydroxyl groups is 1. The van der Waals surface area contributed by atoms with Gasteiger partial charge in [-0.25, -0.2) is 0 Å². The number of aryl methyl sites for hydroxylation is 1. The van der Waals surface area contributed by atoms with Crippen LogP contribution in [0, 0.1) is 31.1 Å². The molecule has 5 nitrogen and oxygen atoms in total. The van der Waals surface area contributed by atoms with Crippen LogP contribution in [0.3, 0.4) is 0 Å². The molecular formula is C25H30N2O3. The van der Waals surface area contributed by atoms with Crippen LogP contribution in [-0.2, 0) is 12.1 Å². The highest BCUT2D eigenvalue weighted by atomic mass is 16.5. The van der Waals surface area contributed by atoms with Gasteiger partial charge in [0.05, 0.1) is 12.8 Å². The standard InChI is InChI=1S/C25H30N2O3/c1-4-12-30-22-9-8-19(13-23(22)29-3)15-27-16-20-6-5-11-25(28,21(20)17-27)24-10-7-18(2)14-26-24/h1,7-10,13-14,20-21,28H,5-6,11-12,15-17H2,2-3H3/t20-,21-,25+/m0/s1. The minimum absolute atomic E-state index is 0.210. The minimum Gasteiger partial charge on any atom is -0.493 e. The number of ether oxygens (including phenoxy) is 2. The van der Waals surface area contributed by atoms with E-state index in [9.17, 15) is 5.11 Å². The van der Waals surface area contributed by atoms with E-state index in [2.05, 4.69) is 21.9 Å². The third-order valence-electron chi connectivity index (χ3n) is 6.56. The topological polar surface area (TPSA) is 54.8 Å². The van der Waals surface area contributed by atoms with E-state index in [1.807, 2.05) is 37.4 Å². The Labute approximate surface area is 179 Å². The molecule has 1 aliphatic carbocycles. The van der Waals surface area contributed by atoms with Gasteiger partial charge in [-0.15, -0.1) is 6.42 Å². The molecule has 0 bridgehead atoms. The summed E-state index contributed by atoms with van der Waals surface area (Å²) >= 11 is 0. The smallest absolute Gasteiger partial charge is 0.162 e. The van der Waals surface area contributed by atoms with E-state index in [1.165, 1.54) is 0 Å². The number of hydrogen-bond acceptors (Lipinski definition) is 5. The highest BCUT2D eigenvalue weighted by Crippen LogP contribution is 2.48. The van der Waals surface area contributed by atoms with Gasteiger partial charge in [-0.1, -0.05) is 18.1 Å². The number of nitrogens with zero attached hydrogens (tertiary/aromatic N) is 2. The molecule has 1 aliphatic heterocycles. The molecule has 1 aromatic carbocycles. The molecule has 0 spiro atoms. The Hall–Kier alpha value is -2.55. The molecule has 2 heterocycles. The first-order valence-electron chi connectivity index (χ1n) is 10.6. The number of pyridine rings is 1. The fraction of sp³-hybridized carbons (Fsp3) is 0.480. The summed E-state index contributed by atoms with van der Waals surface area (Å²) in [7, 11) is 1.64. The first-order valence-corrected chi connectivity index (χ1v) is 10.6. The number of fused-ring (bicyclic) bond motifs is 1. The Morgan fingerprint density at radius 1 is 1.27 bits per heavy atom. The Balaban J connectivity index is 1.49. The lowest BCUT2D eigenvalue weighted by Crippen LogP contribution is -2.43. The van der Waals surface area contributed by atoms with E-state index >= 15 is 0 Å². The number of likely N-dealkylation sites (tertiary alicyclic amines) is 1. The molecule has 1 N–H and O–H groups in total. The molecule has 0 amide bonds. The Kier molecular flexibility index (Phi) is 5.99. The average Bonchev–Trinajstić information content (AvgIpc) is 3.17. The van der Waals surface area contributed by atoms with Crippen LogP contribution in [0.25, 0.3) is 0 Å². The van der Waals surface area contributed by atoms with Gasteiger partial charge in [0, 0.05) is 31.7 Å². The third-order valence-corrected chi connectivity index (χ3v) is 6.56. The molecule has 4 rings (SSSR count). The molecule has 1 aromatic heterocycles. The second-order valence-corrected chi connectivity index (χ2v) is 8.58. The molecule has 2 aliphatic rings. The summed E-state index contributed by atoms with van der Waals surface area (Å²) in [6.45, 7) is 4.93. The summed E-state index contributed by atoms with van der Waals surface area (Å²) in [5, 5.41) is 11.6. The van der Waals surface area contributed by atoms with Crippen molar-refractivity contribution in [3.8, 4) is 23.8 Å². The van der Waals surface area contributed by atoms with Gasteiger partial charge in [0.1, 0.15) is 12.2 Å².